The lowest BCUT2D eigenvalue weighted by Crippen LogP contribution is -2.49. The zero-order valence-corrected chi connectivity index (χ0v) is 6.85. The molecule has 0 aromatic rings. The van der Waals surface area contributed by atoms with Gasteiger partial charge < -0.3 is 10.8 Å². The standard InChI is InChI=1S/C5H11N5O2/c1-8-4(7)9(2)10(3-6)5(11)12/h3,6H,1-2H3,(H2,7,8)(H,11,12). The van der Waals surface area contributed by atoms with Crippen LogP contribution in [0.1, 0.15) is 0 Å². The van der Waals surface area contributed by atoms with Crippen molar-refractivity contribution < 1.29 is 9.90 Å². The van der Waals surface area contributed by atoms with E-state index in [0.29, 0.717) is 11.3 Å². The second-order valence-corrected chi connectivity index (χ2v) is 1.86. The Kier molecular flexibility index (Phi) is 3.54. The molecule has 0 atom stereocenters. The van der Waals surface area contributed by atoms with E-state index in [-0.39, 0.29) is 5.96 Å². The predicted octanol–water partition coefficient (Wildman–Crippen LogP) is -0.635. The number of carboxylic acid groups (broad SMARTS) is 1. The van der Waals surface area contributed by atoms with Gasteiger partial charge in [0.05, 0.1) is 0 Å². The minimum Gasteiger partial charge on any atom is -0.463 e. The summed E-state index contributed by atoms with van der Waals surface area (Å²) in [4.78, 5) is 14.0. The van der Waals surface area contributed by atoms with Gasteiger partial charge in [0.25, 0.3) is 0 Å². The van der Waals surface area contributed by atoms with Crippen molar-refractivity contribution in [1.29, 1.82) is 5.41 Å². The average Bonchev–Trinajstić information content (AvgIpc) is 2.03. The molecule has 0 bridgehead atoms. The van der Waals surface area contributed by atoms with Gasteiger partial charge in [0.2, 0.25) is 5.96 Å². The SMILES string of the molecule is C/N=C(\N)N(C)N(C=N)C(=O)O. The van der Waals surface area contributed by atoms with Crippen LogP contribution in [0.3, 0.4) is 0 Å². The van der Waals surface area contributed by atoms with Crippen molar-refractivity contribution in [2.75, 3.05) is 14.1 Å². The quantitative estimate of drug-likeness (QED) is 0.278. The molecule has 0 aliphatic carbocycles. The molecule has 0 heterocycles. The first-order valence-electron chi connectivity index (χ1n) is 3.03. The zero-order valence-electron chi connectivity index (χ0n) is 6.85. The molecule has 0 aromatic carbocycles. The monoisotopic (exact) mass is 173 g/mol. The Morgan fingerprint density at radius 1 is 1.75 bits per heavy atom. The summed E-state index contributed by atoms with van der Waals surface area (Å²) < 4.78 is 0. The molecule has 0 spiro atoms. The summed E-state index contributed by atoms with van der Waals surface area (Å²) in [6.45, 7) is 0. The highest BCUT2D eigenvalue weighted by molar-refractivity contribution is 5.86. The van der Waals surface area contributed by atoms with Gasteiger partial charge >= 0.3 is 6.09 Å². The molecule has 0 rings (SSSR count). The van der Waals surface area contributed by atoms with Crippen molar-refractivity contribution in [3.8, 4) is 0 Å². The Hall–Kier alpha value is -1.79. The largest absolute Gasteiger partial charge is 0.463 e. The number of nitrogens with two attached hydrogens (primary N) is 1. The highest BCUT2D eigenvalue weighted by atomic mass is 16.4. The van der Waals surface area contributed by atoms with Crippen LogP contribution < -0.4 is 5.73 Å². The first-order chi connectivity index (χ1) is 5.54. The van der Waals surface area contributed by atoms with Crippen LogP contribution in [0.5, 0.6) is 0 Å². The minimum absolute atomic E-state index is 0.0147. The summed E-state index contributed by atoms with van der Waals surface area (Å²) >= 11 is 0. The zero-order chi connectivity index (χ0) is 9.72. The highest BCUT2D eigenvalue weighted by Crippen LogP contribution is 1.90. The molecule has 0 aromatic heterocycles. The maximum atomic E-state index is 10.4. The number of amides is 1. The molecule has 0 saturated carbocycles. The molecule has 12 heavy (non-hydrogen) atoms. The Balaban J connectivity index is 4.52. The summed E-state index contributed by atoms with van der Waals surface area (Å²) in [6.07, 6.45) is -0.667. The van der Waals surface area contributed by atoms with E-state index in [1.54, 1.807) is 0 Å². The Morgan fingerprint density at radius 3 is 2.50 bits per heavy atom. The van der Waals surface area contributed by atoms with Gasteiger partial charge in [0.15, 0.2) is 0 Å². The summed E-state index contributed by atoms with van der Waals surface area (Å²) in [5.74, 6) is 0.0147. The van der Waals surface area contributed by atoms with Crippen LogP contribution in [-0.4, -0.2) is 47.6 Å². The van der Waals surface area contributed by atoms with Gasteiger partial charge in [0, 0.05) is 14.1 Å². The van der Waals surface area contributed by atoms with E-state index in [4.69, 9.17) is 16.2 Å². The van der Waals surface area contributed by atoms with Crippen LogP contribution >= 0.6 is 0 Å². The lowest BCUT2D eigenvalue weighted by Gasteiger charge is -2.25. The molecular formula is C5H11N5O2. The lowest BCUT2D eigenvalue weighted by atomic mass is 10.8. The van der Waals surface area contributed by atoms with Crippen LogP contribution in [0.25, 0.3) is 0 Å². The summed E-state index contributed by atoms with van der Waals surface area (Å²) in [6, 6.07) is 0. The molecule has 4 N–H and O–H groups in total. The smallest absolute Gasteiger partial charge is 0.432 e. The summed E-state index contributed by atoms with van der Waals surface area (Å²) in [5, 5.41) is 16.9. The van der Waals surface area contributed by atoms with Crippen molar-refractivity contribution in [3.05, 3.63) is 0 Å². The molecule has 0 radical (unpaired) electrons. The third-order valence-corrected chi connectivity index (χ3v) is 1.20. The fraction of sp³-hybridized carbons (Fsp3) is 0.400. The van der Waals surface area contributed by atoms with E-state index in [0.717, 1.165) is 5.01 Å². The van der Waals surface area contributed by atoms with Crippen molar-refractivity contribution in [1.82, 2.24) is 10.0 Å². The molecule has 0 saturated heterocycles. The number of guanidine groups is 1. The second kappa shape index (κ2) is 4.16. The highest BCUT2D eigenvalue weighted by Gasteiger charge is 2.15. The fourth-order valence-corrected chi connectivity index (χ4v) is 0.525. The van der Waals surface area contributed by atoms with Crippen molar-refractivity contribution in [2.24, 2.45) is 10.7 Å². The van der Waals surface area contributed by atoms with Crippen molar-refractivity contribution in [3.63, 3.8) is 0 Å². The third kappa shape index (κ3) is 2.11. The van der Waals surface area contributed by atoms with Crippen LogP contribution in [0, 0.1) is 5.41 Å². The Morgan fingerprint density at radius 2 is 2.25 bits per heavy atom. The lowest BCUT2D eigenvalue weighted by molar-refractivity contribution is 0.116. The fourth-order valence-electron chi connectivity index (χ4n) is 0.525. The minimum atomic E-state index is -1.29. The van der Waals surface area contributed by atoms with Gasteiger partial charge in [-0.25, -0.2) is 9.80 Å². The van der Waals surface area contributed by atoms with Gasteiger partial charge in [-0.2, -0.15) is 5.01 Å². The molecule has 0 aliphatic rings. The van der Waals surface area contributed by atoms with Gasteiger partial charge in [0.1, 0.15) is 6.34 Å². The number of hydrogen-bond donors (Lipinski definition) is 3. The van der Waals surface area contributed by atoms with E-state index in [2.05, 4.69) is 4.99 Å². The van der Waals surface area contributed by atoms with Gasteiger partial charge in [-0.3, -0.25) is 10.4 Å². The maximum absolute atomic E-state index is 10.4. The summed E-state index contributed by atoms with van der Waals surface area (Å²) in [5.41, 5.74) is 5.30. The van der Waals surface area contributed by atoms with E-state index >= 15 is 0 Å². The molecule has 7 nitrogen and oxygen atoms in total. The Bertz CT molecular complexity index is 214. The Labute approximate surface area is 69.6 Å². The van der Waals surface area contributed by atoms with Gasteiger partial charge in [-0.1, -0.05) is 0 Å². The van der Waals surface area contributed by atoms with Gasteiger partial charge in [-0.15, -0.1) is 0 Å². The third-order valence-electron chi connectivity index (χ3n) is 1.20. The van der Waals surface area contributed by atoms with Crippen molar-refractivity contribution in [2.45, 2.75) is 0 Å². The number of rotatable bonds is 1. The average molecular weight is 173 g/mol. The van der Waals surface area contributed by atoms with Crippen LogP contribution in [0.2, 0.25) is 0 Å². The van der Waals surface area contributed by atoms with Crippen LogP contribution in [0.15, 0.2) is 4.99 Å². The van der Waals surface area contributed by atoms with E-state index in [1.165, 1.54) is 14.1 Å². The molecular weight excluding hydrogens is 162 g/mol. The van der Waals surface area contributed by atoms with Crippen molar-refractivity contribution >= 4 is 18.4 Å². The number of hydrazine groups is 1. The van der Waals surface area contributed by atoms with E-state index in [1.807, 2.05) is 0 Å². The molecule has 0 unspecified atom stereocenters. The second-order valence-electron chi connectivity index (χ2n) is 1.86. The van der Waals surface area contributed by atoms with Crippen LogP contribution in [-0.2, 0) is 0 Å². The molecule has 0 fully saturated rings. The normalized spacial score (nSPS) is 10.7. The topological polar surface area (TPSA) is 106 Å². The number of aliphatic imine (C=N–C) groups is 1. The predicted molar refractivity (Wildman–Crippen MR) is 44.0 cm³/mol. The number of carbonyl (C=O) groups is 1. The molecule has 7 heteroatoms. The first-order valence-corrected chi connectivity index (χ1v) is 3.03. The summed E-state index contributed by atoms with van der Waals surface area (Å²) in [7, 11) is 2.82. The van der Waals surface area contributed by atoms with Gasteiger partial charge in [-0.05, 0) is 0 Å². The molecule has 0 aliphatic heterocycles. The number of hydrogen-bond acceptors (Lipinski definition) is 3. The van der Waals surface area contributed by atoms with Crippen LogP contribution in [0.4, 0.5) is 4.79 Å². The number of nitrogens with one attached hydrogen (secondary N) is 1. The number of nitrogens with zero attached hydrogens (tertiary/aromatic N) is 3. The van der Waals surface area contributed by atoms with E-state index < -0.39 is 6.09 Å². The van der Waals surface area contributed by atoms with E-state index in [9.17, 15) is 4.79 Å². The molecule has 1 amide bonds. The molecule has 68 valence electrons. The first kappa shape index (κ1) is 10.2. The maximum Gasteiger partial charge on any atom is 0.432 e.